The monoisotopic (exact) mass is 457 g/mol. The van der Waals surface area contributed by atoms with Crippen molar-refractivity contribution in [1.29, 1.82) is 0 Å². The molecule has 0 aliphatic carbocycles. The van der Waals surface area contributed by atoms with E-state index < -0.39 is 5.60 Å². The minimum atomic E-state index is -0.486. The van der Waals surface area contributed by atoms with Gasteiger partial charge in [-0.25, -0.2) is 0 Å². The van der Waals surface area contributed by atoms with Crippen LogP contribution in [0.4, 0.5) is 0 Å². The fraction of sp³-hybridized carbons (Fsp3) is 0.379. The summed E-state index contributed by atoms with van der Waals surface area (Å²) in [5.74, 6) is 1.85. The van der Waals surface area contributed by atoms with Gasteiger partial charge < -0.3 is 14.4 Å². The quantitative estimate of drug-likeness (QED) is 0.465. The normalized spacial score (nSPS) is 16.9. The van der Waals surface area contributed by atoms with Gasteiger partial charge in [-0.2, -0.15) is 0 Å². The van der Waals surface area contributed by atoms with Gasteiger partial charge in [-0.05, 0) is 60.4 Å². The number of fused-ring (bicyclic) bond motifs is 2. The van der Waals surface area contributed by atoms with Crippen LogP contribution >= 0.6 is 0 Å². The number of hydrogen-bond acceptors (Lipinski definition) is 4. The molecule has 1 saturated heterocycles. The van der Waals surface area contributed by atoms with Gasteiger partial charge >= 0.3 is 0 Å². The number of rotatable bonds is 5. The van der Waals surface area contributed by atoms with Crippen LogP contribution in [0.2, 0.25) is 0 Å². The van der Waals surface area contributed by atoms with Gasteiger partial charge in [0, 0.05) is 32.4 Å². The van der Waals surface area contributed by atoms with Crippen LogP contribution in [0.5, 0.6) is 11.5 Å². The third-order valence-electron chi connectivity index (χ3n) is 7.07. The maximum absolute atomic E-state index is 12.9. The van der Waals surface area contributed by atoms with E-state index in [1.807, 2.05) is 49.1 Å². The molecule has 1 fully saturated rings. The SMILES string of the molecule is Cc1cc(C)c2c(c1)C(=O)CC1(CCN(C(=O)CCCOc3ccc4ccccc4c3)CC1)O2. The average Bonchev–Trinajstić information content (AvgIpc) is 2.83. The van der Waals surface area contributed by atoms with E-state index in [0.717, 1.165) is 28.0 Å². The van der Waals surface area contributed by atoms with Gasteiger partial charge in [-0.3, -0.25) is 9.59 Å². The summed E-state index contributed by atoms with van der Waals surface area (Å²) in [4.78, 5) is 27.5. The summed E-state index contributed by atoms with van der Waals surface area (Å²) in [6.45, 7) is 5.75. The Morgan fingerprint density at radius 1 is 1.03 bits per heavy atom. The Kier molecular flexibility index (Phi) is 6.03. The Labute approximate surface area is 200 Å². The van der Waals surface area contributed by atoms with Crippen LogP contribution in [0.1, 0.15) is 53.6 Å². The molecule has 2 heterocycles. The number of Topliss-reactive ketones (excluding diaryl/α,β-unsaturated/α-hetero) is 1. The van der Waals surface area contributed by atoms with Gasteiger partial charge in [0.05, 0.1) is 18.6 Å². The van der Waals surface area contributed by atoms with E-state index in [0.29, 0.717) is 57.4 Å². The maximum atomic E-state index is 12.9. The highest BCUT2D eigenvalue weighted by Crippen LogP contribution is 2.41. The van der Waals surface area contributed by atoms with Crippen LogP contribution in [0.25, 0.3) is 10.8 Å². The summed E-state index contributed by atoms with van der Waals surface area (Å²) in [6.07, 6.45) is 2.90. The Morgan fingerprint density at radius 3 is 2.59 bits per heavy atom. The lowest BCUT2D eigenvalue weighted by atomic mass is 9.81. The molecule has 0 unspecified atom stereocenters. The number of ketones is 1. The second-order valence-electron chi connectivity index (χ2n) is 9.69. The van der Waals surface area contributed by atoms with Gasteiger partial charge in [0.2, 0.25) is 5.91 Å². The number of carbonyl (C=O) groups excluding carboxylic acids is 2. The van der Waals surface area contributed by atoms with Crippen molar-refractivity contribution in [2.45, 2.75) is 51.6 Å². The minimum absolute atomic E-state index is 0.145. The Morgan fingerprint density at radius 2 is 1.79 bits per heavy atom. The third-order valence-corrected chi connectivity index (χ3v) is 7.07. The first kappa shape index (κ1) is 22.5. The first-order valence-corrected chi connectivity index (χ1v) is 12.2. The predicted molar refractivity (Wildman–Crippen MR) is 133 cm³/mol. The Balaban J connectivity index is 1.11. The molecule has 0 atom stereocenters. The standard InChI is InChI=1S/C29H31NO4/c1-20-16-21(2)28-25(17-20)26(31)19-29(34-28)11-13-30(14-12-29)27(32)8-5-15-33-24-10-9-22-6-3-4-7-23(22)18-24/h3-4,6-7,9-10,16-18H,5,8,11-15,19H2,1-2H3. The number of piperidine rings is 1. The molecular weight excluding hydrogens is 426 g/mol. The number of hydrogen-bond donors (Lipinski definition) is 0. The van der Waals surface area contributed by atoms with E-state index in [9.17, 15) is 9.59 Å². The van der Waals surface area contributed by atoms with E-state index in [-0.39, 0.29) is 11.7 Å². The van der Waals surface area contributed by atoms with Crippen molar-refractivity contribution in [2.24, 2.45) is 0 Å². The van der Waals surface area contributed by atoms with Crippen molar-refractivity contribution in [1.82, 2.24) is 4.90 Å². The van der Waals surface area contributed by atoms with Crippen molar-refractivity contribution < 1.29 is 19.1 Å². The molecule has 3 aromatic carbocycles. The first-order chi connectivity index (χ1) is 16.4. The topological polar surface area (TPSA) is 55.8 Å². The molecule has 34 heavy (non-hydrogen) atoms. The molecule has 5 heteroatoms. The molecule has 0 bridgehead atoms. The summed E-state index contributed by atoms with van der Waals surface area (Å²) in [7, 11) is 0. The molecule has 176 valence electrons. The molecule has 3 aromatic rings. The van der Waals surface area contributed by atoms with E-state index in [4.69, 9.17) is 9.47 Å². The van der Waals surface area contributed by atoms with Gasteiger partial charge in [-0.1, -0.05) is 36.4 Å². The van der Waals surface area contributed by atoms with Crippen molar-refractivity contribution in [3.05, 3.63) is 71.3 Å². The average molecular weight is 458 g/mol. The van der Waals surface area contributed by atoms with Crippen LogP contribution in [0, 0.1) is 13.8 Å². The second-order valence-corrected chi connectivity index (χ2v) is 9.69. The van der Waals surface area contributed by atoms with Gasteiger partial charge in [0.1, 0.15) is 17.1 Å². The second kappa shape index (κ2) is 9.13. The maximum Gasteiger partial charge on any atom is 0.222 e. The Bertz CT molecular complexity index is 1240. The summed E-state index contributed by atoms with van der Waals surface area (Å²) < 4.78 is 12.3. The van der Waals surface area contributed by atoms with Crippen molar-refractivity contribution >= 4 is 22.5 Å². The first-order valence-electron chi connectivity index (χ1n) is 12.2. The molecule has 5 rings (SSSR count). The van der Waals surface area contributed by atoms with Crippen molar-refractivity contribution in [3.63, 3.8) is 0 Å². The molecule has 0 aromatic heterocycles. The van der Waals surface area contributed by atoms with Crippen LogP contribution in [0.3, 0.4) is 0 Å². The van der Waals surface area contributed by atoms with Crippen molar-refractivity contribution in [3.8, 4) is 11.5 Å². The molecule has 5 nitrogen and oxygen atoms in total. The summed E-state index contributed by atoms with van der Waals surface area (Å²) in [6, 6.07) is 18.2. The molecule has 0 saturated carbocycles. The minimum Gasteiger partial charge on any atom is -0.494 e. The van der Waals surface area contributed by atoms with Gasteiger partial charge in [-0.15, -0.1) is 0 Å². The van der Waals surface area contributed by atoms with E-state index in [1.54, 1.807) is 0 Å². The molecule has 0 radical (unpaired) electrons. The summed E-state index contributed by atoms with van der Waals surface area (Å²) >= 11 is 0. The van der Waals surface area contributed by atoms with Crippen LogP contribution in [-0.4, -0.2) is 41.9 Å². The number of aryl methyl sites for hydroxylation is 2. The molecule has 2 aliphatic rings. The summed E-state index contributed by atoms with van der Waals surface area (Å²) in [5, 5.41) is 2.33. The molecule has 1 spiro atoms. The highest BCUT2D eigenvalue weighted by molar-refractivity contribution is 6.01. The lowest BCUT2D eigenvalue weighted by Gasteiger charge is -2.44. The smallest absolute Gasteiger partial charge is 0.222 e. The number of likely N-dealkylation sites (tertiary alicyclic amines) is 1. The zero-order chi connectivity index (χ0) is 23.7. The fourth-order valence-corrected chi connectivity index (χ4v) is 5.21. The van der Waals surface area contributed by atoms with E-state index in [1.165, 1.54) is 5.39 Å². The fourth-order valence-electron chi connectivity index (χ4n) is 5.21. The number of carbonyl (C=O) groups is 2. The molecule has 2 aliphatic heterocycles. The van der Waals surface area contributed by atoms with Gasteiger partial charge in [0.15, 0.2) is 5.78 Å². The molecule has 1 amide bonds. The number of benzene rings is 3. The number of nitrogens with zero attached hydrogens (tertiary/aromatic N) is 1. The predicted octanol–water partition coefficient (Wildman–Crippen LogP) is 5.64. The Hall–Kier alpha value is -3.34. The number of amides is 1. The van der Waals surface area contributed by atoms with Crippen LogP contribution in [0.15, 0.2) is 54.6 Å². The van der Waals surface area contributed by atoms with Gasteiger partial charge in [0.25, 0.3) is 0 Å². The lowest BCUT2D eigenvalue weighted by molar-refractivity contribution is -0.135. The molecular formula is C29H31NO4. The highest BCUT2D eigenvalue weighted by Gasteiger charge is 2.44. The lowest BCUT2D eigenvalue weighted by Crippen LogP contribution is -2.52. The van der Waals surface area contributed by atoms with Crippen LogP contribution < -0.4 is 9.47 Å². The summed E-state index contributed by atoms with van der Waals surface area (Å²) in [5.41, 5.74) is 2.30. The largest absolute Gasteiger partial charge is 0.494 e. The van der Waals surface area contributed by atoms with Crippen LogP contribution in [-0.2, 0) is 4.79 Å². The highest BCUT2D eigenvalue weighted by atomic mass is 16.5. The van der Waals surface area contributed by atoms with E-state index >= 15 is 0 Å². The van der Waals surface area contributed by atoms with E-state index in [2.05, 4.69) is 24.3 Å². The third kappa shape index (κ3) is 4.52. The zero-order valence-corrected chi connectivity index (χ0v) is 19.9. The zero-order valence-electron chi connectivity index (χ0n) is 19.9. The number of ether oxygens (including phenoxy) is 2. The van der Waals surface area contributed by atoms with Crippen molar-refractivity contribution in [2.75, 3.05) is 19.7 Å². The molecule has 0 N–H and O–H groups in total.